The molecule has 0 aromatic carbocycles. The van der Waals surface area contributed by atoms with Gasteiger partial charge < -0.3 is 15.3 Å². The van der Waals surface area contributed by atoms with Crippen LogP contribution in [0.15, 0.2) is 12.2 Å². The molecule has 0 fully saturated rings. The molecule has 2 amide bonds. The maximum absolute atomic E-state index is 12.0. The highest BCUT2D eigenvalue weighted by Gasteiger charge is 2.37. The minimum Gasteiger partial charge on any atom is -0.480 e. The van der Waals surface area contributed by atoms with Crippen molar-refractivity contribution in [1.29, 1.82) is 0 Å². The van der Waals surface area contributed by atoms with Crippen LogP contribution in [0.5, 0.6) is 0 Å². The van der Waals surface area contributed by atoms with Crippen LogP contribution in [0.2, 0.25) is 0 Å². The zero-order valence-corrected chi connectivity index (χ0v) is 10.4. The van der Waals surface area contributed by atoms with Gasteiger partial charge in [0.2, 0.25) is 0 Å². The molecular weight excluding hydrogens is 220 g/mol. The van der Waals surface area contributed by atoms with E-state index in [2.05, 4.69) is 5.32 Å². The van der Waals surface area contributed by atoms with Crippen LogP contribution >= 0.6 is 0 Å². The Labute approximate surface area is 101 Å². The molecule has 0 spiro atoms. The van der Waals surface area contributed by atoms with Crippen molar-refractivity contribution in [3.05, 3.63) is 12.2 Å². The van der Waals surface area contributed by atoms with Gasteiger partial charge in [-0.3, -0.25) is 0 Å². The number of rotatable bonds is 4. The number of carbonyl (C=O) groups is 2. The van der Waals surface area contributed by atoms with Crippen molar-refractivity contribution in [3.63, 3.8) is 0 Å². The van der Waals surface area contributed by atoms with E-state index in [0.29, 0.717) is 25.9 Å². The zero-order valence-electron chi connectivity index (χ0n) is 10.4. The third-order valence-corrected chi connectivity index (χ3v) is 3.31. The first-order chi connectivity index (χ1) is 8.05. The summed E-state index contributed by atoms with van der Waals surface area (Å²) in [7, 11) is 0. The number of aliphatic carboxylic acids is 1. The van der Waals surface area contributed by atoms with Crippen molar-refractivity contribution in [2.24, 2.45) is 0 Å². The van der Waals surface area contributed by atoms with Crippen molar-refractivity contribution < 1.29 is 14.7 Å². The SMILES string of the molecule is CCC(CC)(NC(=O)N1CC=CCC1)C(=O)O. The number of amides is 2. The van der Waals surface area contributed by atoms with Gasteiger partial charge in [0.1, 0.15) is 5.54 Å². The molecule has 96 valence electrons. The van der Waals surface area contributed by atoms with E-state index < -0.39 is 11.5 Å². The van der Waals surface area contributed by atoms with Gasteiger partial charge in [0.25, 0.3) is 0 Å². The van der Waals surface area contributed by atoms with E-state index in [1.807, 2.05) is 12.2 Å². The lowest BCUT2D eigenvalue weighted by atomic mass is 9.93. The Bertz CT molecular complexity index is 322. The van der Waals surface area contributed by atoms with E-state index in [4.69, 9.17) is 0 Å². The normalized spacial score (nSPS) is 15.8. The first-order valence-corrected chi connectivity index (χ1v) is 6.01. The van der Waals surface area contributed by atoms with Gasteiger partial charge in [-0.2, -0.15) is 0 Å². The zero-order chi connectivity index (χ0) is 12.9. The second-order valence-corrected chi connectivity index (χ2v) is 4.23. The smallest absolute Gasteiger partial charge is 0.329 e. The number of carboxylic acids is 1. The predicted molar refractivity (Wildman–Crippen MR) is 64.8 cm³/mol. The molecule has 1 aliphatic rings. The average Bonchev–Trinajstić information content (AvgIpc) is 2.36. The Balaban J connectivity index is 2.70. The van der Waals surface area contributed by atoms with Crippen molar-refractivity contribution in [1.82, 2.24) is 10.2 Å². The molecule has 1 aliphatic heterocycles. The number of nitrogens with zero attached hydrogens (tertiary/aromatic N) is 1. The van der Waals surface area contributed by atoms with Crippen molar-refractivity contribution in [2.45, 2.75) is 38.6 Å². The Morgan fingerprint density at radius 3 is 2.41 bits per heavy atom. The fraction of sp³-hybridized carbons (Fsp3) is 0.667. The van der Waals surface area contributed by atoms with Crippen LogP contribution in [0.1, 0.15) is 33.1 Å². The molecule has 0 atom stereocenters. The molecular formula is C12H20N2O3. The van der Waals surface area contributed by atoms with Crippen molar-refractivity contribution in [2.75, 3.05) is 13.1 Å². The molecule has 5 heteroatoms. The molecule has 0 radical (unpaired) electrons. The van der Waals surface area contributed by atoms with E-state index in [-0.39, 0.29) is 6.03 Å². The summed E-state index contributed by atoms with van der Waals surface area (Å²) in [5.74, 6) is -0.969. The molecule has 0 bridgehead atoms. The molecule has 1 heterocycles. The van der Waals surface area contributed by atoms with Crippen LogP contribution in [0, 0.1) is 0 Å². The highest BCUT2D eigenvalue weighted by Crippen LogP contribution is 2.16. The number of carbonyl (C=O) groups excluding carboxylic acids is 1. The maximum atomic E-state index is 12.0. The number of nitrogens with one attached hydrogen (secondary N) is 1. The number of urea groups is 1. The van der Waals surface area contributed by atoms with Gasteiger partial charge in [-0.1, -0.05) is 26.0 Å². The molecule has 0 saturated carbocycles. The van der Waals surface area contributed by atoms with Crippen LogP contribution in [0.4, 0.5) is 4.79 Å². The Hall–Kier alpha value is -1.52. The van der Waals surface area contributed by atoms with Crippen molar-refractivity contribution in [3.8, 4) is 0 Å². The minimum atomic E-state index is -1.14. The largest absolute Gasteiger partial charge is 0.480 e. The van der Waals surface area contributed by atoms with E-state index >= 15 is 0 Å². The Kier molecular flexibility index (Phi) is 4.54. The van der Waals surface area contributed by atoms with E-state index in [1.54, 1.807) is 18.7 Å². The number of hydrogen-bond donors (Lipinski definition) is 2. The second kappa shape index (κ2) is 5.70. The van der Waals surface area contributed by atoms with Crippen molar-refractivity contribution >= 4 is 12.0 Å². The first kappa shape index (κ1) is 13.5. The lowest BCUT2D eigenvalue weighted by Crippen LogP contribution is -2.57. The van der Waals surface area contributed by atoms with Gasteiger partial charge in [-0.05, 0) is 19.3 Å². The van der Waals surface area contributed by atoms with Crippen LogP contribution in [0.3, 0.4) is 0 Å². The van der Waals surface area contributed by atoms with E-state index in [0.717, 1.165) is 6.42 Å². The quantitative estimate of drug-likeness (QED) is 0.733. The van der Waals surface area contributed by atoms with E-state index in [9.17, 15) is 14.7 Å². The molecule has 0 aromatic heterocycles. The predicted octanol–water partition coefficient (Wildman–Crippen LogP) is 1.60. The maximum Gasteiger partial charge on any atom is 0.329 e. The lowest BCUT2D eigenvalue weighted by Gasteiger charge is -2.32. The summed E-state index contributed by atoms with van der Waals surface area (Å²) in [4.78, 5) is 24.8. The first-order valence-electron chi connectivity index (χ1n) is 6.01. The molecule has 0 saturated heterocycles. The van der Waals surface area contributed by atoms with Crippen LogP contribution in [0.25, 0.3) is 0 Å². The molecule has 0 unspecified atom stereocenters. The molecule has 17 heavy (non-hydrogen) atoms. The van der Waals surface area contributed by atoms with Gasteiger partial charge in [0.15, 0.2) is 0 Å². The Morgan fingerprint density at radius 2 is 2.00 bits per heavy atom. The van der Waals surface area contributed by atoms with Crippen LogP contribution < -0.4 is 5.32 Å². The minimum absolute atomic E-state index is 0.291. The monoisotopic (exact) mass is 240 g/mol. The molecule has 5 nitrogen and oxygen atoms in total. The lowest BCUT2D eigenvalue weighted by molar-refractivity contribution is -0.144. The summed E-state index contributed by atoms with van der Waals surface area (Å²) in [5, 5.41) is 11.9. The average molecular weight is 240 g/mol. The fourth-order valence-corrected chi connectivity index (χ4v) is 1.89. The molecule has 2 N–H and O–H groups in total. The fourth-order valence-electron chi connectivity index (χ4n) is 1.89. The van der Waals surface area contributed by atoms with E-state index in [1.165, 1.54) is 0 Å². The Morgan fingerprint density at radius 1 is 1.35 bits per heavy atom. The van der Waals surface area contributed by atoms with Gasteiger partial charge >= 0.3 is 12.0 Å². The summed E-state index contributed by atoms with van der Waals surface area (Å²) >= 11 is 0. The van der Waals surface area contributed by atoms with Crippen LogP contribution in [-0.4, -0.2) is 40.6 Å². The summed E-state index contributed by atoms with van der Waals surface area (Å²) in [6, 6.07) is -0.291. The van der Waals surface area contributed by atoms with Gasteiger partial charge in [-0.15, -0.1) is 0 Å². The third-order valence-electron chi connectivity index (χ3n) is 3.31. The van der Waals surface area contributed by atoms with Gasteiger partial charge in [-0.25, -0.2) is 9.59 Å². The molecule has 0 aliphatic carbocycles. The summed E-state index contributed by atoms with van der Waals surface area (Å²) in [6.07, 6.45) is 5.53. The second-order valence-electron chi connectivity index (χ2n) is 4.23. The third kappa shape index (κ3) is 2.99. The number of hydrogen-bond acceptors (Lipinski definition) is 2. The summed E-state index contributed by atoms with van der Waals surface area (Å²) < 4.78 is 0. The number of carboxylic acid groups (broad SMARTS) is 1. The summed E-state index contributed by atoms with van der Waals surface area (Å²) in [5.41, 5.74) is -1.14. The van der Waals surface area contributed by atoms with Crippen LogP contribution in [-0.2, 0) is 4.79 Å². The molecule has 1 rings (SSSR count). The summed E-state index contributed by atoms with van der Waals surface area (Å²) in [6.45, 7) is 4.74. The topological polar surface area (TPSA) is 69.6 Å². The van der Waals surface area contributed by atoms with Gasteiger partial charge in [0, 0.05) is 13.1 Å². The highest BCUT2D eigenvalue weighted by atomic mass is 16.4. The molecule has 0 aromatic rings. The highest BCUT2D eigenvalue weighted by molar-refractivity contribution is 5.86. The standard InChI is InChI=1S/C12H20N2O3/c1-3-12(4-2,10(15)16)13-11(17)14-8-6-5-7-9-14/h5-6H,3-4,7-9H2,1-2H3,(H,13,17)(H,15,16). The van der Waals surface area contributed by atoms with Gasteiger partial charge in [0.05, 0.1) is 0 Å².